The molecule has 0 radical (unpaired) electrons. The molecule has 0 spiro atoms. The number of hydrogen-bond donors (Lipinski definition) is 2. The summed E-state index contributed by atoms with van der Waals surface area (Å²) in [5.41, 5.74) is 6.82. The molecule has 1 amide bonds. The Balaban J connectivity index is 1.76. The third kappa shape index (κ3) is 3.31. The molecule has 8 nitrogen and oxygen atoms in total. The van der Waals surface area contributed by atoms with E-state index in [1.807, 2.05) is 17.8 Å². The van der Waals surface area contributed by atoms with Crippen LogP contribution in [0.1, 0.15) is 41.9 Å². The molecule has 2 aromatic heterocycles. The monoisotopic (exact) mass is 316 g/mol. The van der Waals surface area contributed by atoms with Crippen molar-refractivity contribution < 1.29 is 9.53 Å². The number of aryl methyl sites for hydroxylation is 1. The molecule has 1 saturated heterocycles. The van der Waals surface area contributed by atoms with Crippen molar-refractivity contribution in [2.24, 2.45) is 0 Å². The van der Waals surface area contributed by atoms with E-state index in [0.29, 0.717) is 6.61 Å². The first-order chi connectivity index (χ1) is 11.2. The van der Waals surface area contributed by atoms with E-state index in [0.717, 1.165) is 24.9 Å². The molecule has 0 saturated carbocycles. The molecule has 0 aromatic carbocycles. The molecular weight excluding hydrogens is 296 g/mol. The van der Waals surface area contributed by atoms with E-state index in [-0.39, 0.29) is 29.6 Å². The first-order valence-electron chi connectivity index (χ1n) is 7.70. The maximum Gasteiger partial charge on any atom is 0.274 e. The summed E-state index contributed by atoms with van der Waals surface area (Å²) >= 11 is 0. The molecule has 0 bridgehead atoms. The predicted molar refractivity (Wildman–Crippen MR) is 83.5 cm³/mol. The van der Waals surface area contributed by atoms with E-state index in [2.05, 4.69) is 20.4 Å². The van der Waals surface area contributed by atoms with Gasteiger partial charge in [0.05, 0.1) is 12.2 Å². The summed E-state index contributed by atoms with van der Waals surface area (Å²) in [7, 11) is 0. The summed E-state index contributed by atoms with van der Waals surface area (Å²) in [6, 6.07) is -0.146. The number of nitrogen functional groups attached to an aromatic ring is 1. The number of ether oxygens (including phenoxy) is 1. The molecule has 0 unspecified atom stereocenters. The second-order valence-electron chi connectivity index (χ2n) is 5.43. The molecule has 3 N–H and O–H groups in total. The highest BCUT2D eigenvalue weighted by molar-refractivity contribution is 5.96. The summed E-state index contributed by atoms with van der Waals surface area (Å²) < 4.78 is 7.71. The Bertz CT molecular complexity index is 686. The first kappa shape index (κ1) is 15.4. The molecular formula is C15H20N6O2. The number of carbonyl (C=O) groups is 1. The molecule has 23 heavy (non-hydrogen) atoms. The zero-order valence-corrected chi connectivity index (χ0v) is 13.0. The van der Waals surface area contributed by atoms with E-state index in [4.69, 9.17) is 10.5 Å². The lowest BCUT2D eigenvalue weighted by molar-refractivity contribution is -0.00955. The molecule has 8 heteroatoms. The van der Waals surface area contributed by atoms with Crippen LogP contribution in [-0.2, 0) is 11.3 Å². The number of anilines is 1. The normalized spacial score (nSPS) is 21.1. The maximum atomic E-state index is 12.4. The second kappa shape index (κ2) is 6.74. The minimum atomic E-state index is -0.334. The fraction of sp³-hybridized carbons (Fsp3) is 0.467. The summed E-state index contributed by atoms with van der Waals surface area (Å²) in [5.74, 6) is -0.212. The van der Waals surface area contributed by atoms with Crippen LogP contribution in [0.4, 0.5) is 5.82 Å². The second-order valence-corrected chi connectivity index (χ2v) is 5.43. The molecule has 0 aliphatic carbocycles. The number of nitrogens with two attached hydrogens (primary N) is 1. The van der Waals surface area contributed by atoms with Crippen LogP contribution in [0, 0.1) is 0 Å². The number of amides is 1. The van der Waals surface area contributed by atoms with Crippen LogP contribution in [0.15, 0.2) is 24.8 Å². The summed E-state index contributed by atoms with van der Waals surface area (Å²) in [5, 5.41) is 7.25. The van der Waals surface area contributed by atoms with Gasteiger partial charge < -0.3 is 15.8 Å². The minimum absolute atomic E-state index is 0.122. The third-order valence-corrected chi connectivity index (χ3v) is 3.89. The topological polar surface area (TPSA) is 108 Å². The number of nitrogens with zero attached hydrogens (tertiary/aromatic N) is 4. The van der Waals surface area contributed by atoms with Crippen LogP contribution < -0.4 is 11.1 Å². The Kier molecular flexibility index (Phi) is 4.52. The van der Waals surface area contributed by atoms with Crippen molar-refractivity contribution >= 4 is 11.7 Å². The van der Waals surface area contributed by atoms with Crippen molar-refractivity contribution in [3.05, 3.63) is 36.0 Å². The number of carbonyl (C=O) groups excluding carboxylic acids is 1. The van der Waals surface area contributed by atoms with E-state index < -0.39 is 0 Å². The average Bonchev–Trinajstić information content (AvgIpc) is 3.04. The van der Waals surface area contributed by atoms with Gasteiger partial charge in [-0.2, -0.15) is 5.10 Å². The third-order valence-electron chi connectivity index (χ3n) is 3.89. The average molecular weight is 316 g/mol. The van der Waals surface area contributed by atoms with Crippen molar-refractivity contribution in [2.45, 2.75) is 38.5 Å². The van der Waals surface area contributed by atoms with Gasteiger partial charge >= 0.3 is 0 Å². The SMILES string of the molecule is CCn1cc([C@H]2OCCC[C@@H]2NC(=O)c2nccnc2N)cn1. The van der Waals surface area contributed by atoms with Crippen LogP contribution in [0.3, 0.4) is 0 Å². The molecule has 1 aliphatic heterocycles. The van der Waals surface area contributed by atoms with Gasteiger partial charge in [-0.05, 0) is 19.8 Å². The van der Waals surface area contributed by atoms with Crippen molar-refractivity contribution in [3.8, 4) is 0 Å². The number of aromatic nitrogens is 4. The first-order valence-corrected chi connectivity index (χ1v) is 7.70. The molecule has 122 valence electrons. The Morgan fingerprint density at radius 1 is 1.48 bits per heavy atom. The molecule has 1 fully saturated rings. The lowest BCUT2D eigenvalue weighted by Gasteiger charge is -2.31. The summed E-state index contributed by atoms with van der Waals surface area (Å²) in [4.78, 5) is 20.3. The van der Waals surface area contributed by atoms with Gasteiger partial charge in [0.2, 0.25) is 0 Å². The van der Waals surface area contributed by atoms with Gasteiger partial charge in [0.1, 0.15) is 6.10 Å². The van der Waals surface area contributed by atoms with Crippen LogP contribution >= 0.6 is 0 Å². The Morgan fingerprint density at radius 3 is 3.04 bits per heavy atom. The van der Waals surface area contributed by atoms with Crippen LogP contribution in [0.2, 0.25) is 0 Å². The maximum absolute atomic E-state index is 12.4. The lowest BCUT2D eigenvalue weighted by Crippen LogP contribution is -2.43. The zero-order chi connectivity index (χ0) is 16.2. The van der Waals surface area contributed by atoms with Crippen molar-refractivity contribution in [3.63, 3.8) is 0 Å². The Labute approximate surface area is 134 Å². The fourth-order valence-electron chi connectivity index (χ4n) is 2.72. The highest BCUT2D eigenvalue weighted by atomic mass is 16.5. The molecule has 1 aliphatic rings. The predicted octanol–water partition coefficient (Wildman–Crippen LogP) is 0.925. The van der Waals surface area contributed by atoms with Crippen LogP contribution in [-0.4, -0.2) is 38.3 Å². The van der Waals surface area contributed by atoms with Gasteiger partial charge in [-0.3, -0.25) is 9.48 Å². The lowest BCUT2D eigenvalue weighted by atomic mass is 9.98. The largest absolute Gasteiger partial charge is 0.382 e. The number of nitrogens with one attached hydrogen (secondary N) is 1. The summed E-state index contributed by atoms with van der Waals surface area (Å²) in [6.07, 6.45) is 8.14. The van der Waals surface area contributed by atoms with Crippen molar-refractivity contribution in [1.82, 2.24) is 25.1 Å². The summed E-state index contributed by atoms with van der Waals surface area (Å²) in [6.45, 7) is 3.48. The van der Waals surface area contributed by atoms with E-state index >= 15 is 0 Å². The Morgan fingerprint density at radius 2 is 2.30 bits per heavy atom. The quantitative estimate of drug-likeness (QED) is 0.868. The van der Waals surface area contributed by atoms with Gasteiger partial charge in [-0.25, -0.2) is 9.97 Å². The highest BCUT2D eigenvalue weighted by Gasteiger charge is 2.30. The van der Waals surface area contributed by atoms with Crippen molar-refractivity contribution in [1.29, 1.82) is 0 Å². The van der Waals surface area contributed by atoms with Gasteiger partial charge in [0.25, 0.3) is 5.91 Å². The van der Waals surface area contributed by atoms with Crippen LogP contribution in [0.5, 0.6) is 0 Å². The number of hydrogen-bond acceptors (Lipinski definition) is 6. The van der Waals surface area contributed by atoms with E-state index in [1.165, 1.54) is 12.4 Å². The standard InChI is InChI=1S/C15H20N6O2/c1-2-21-9-10(8-19-21)13-11(4-3-7-23-13)20-15(22)12-14(16)18-6-5-17-12/h5-6,8-9,11,13H,2-4,7H2,1H3,(H2,16,18)(H,20,22)/t11-,13+/m0/s1. The molecule has 3 rings (SSSR count). The van der Waals surface area contributed by atoms with Crippen LogP contribution in [0.25, 0.3) is 0 Å². The molecule has 3 heterocycles. The van der Waals surface area contributed by atoms with E-state index in [9.17, 15) is 4.79 Å². The number of rotatable bonds is 4. The zero-order valence-electron chi connectivity index (χ0n) is 13.0. The van der Waals surface area contributed by atoms with Gasteiger partial charge in [-0.1, -0.05) is 0 Å². The molecule has 2 aromatic rings. The van der Waals surface area contributed by atoms with Crippen molar-refractivity contribution in [2.75, 3.05) is 12.3 Å². The van der Waals surface area contributed by atoms with E-state index in [1.54, 1.807) is 6.20 Å². The van der Waals surface area contributed by atoms with Gasteiger partial charge in [-0.15, -0.1) is 0 Å². The van der Waals surface area contributed by atoms with Gasteiger partial charge in [0, 0.05) is 37.3 Å². The minimum Gasteiger partial charge on any atom is -0.382 e. The smallest absolute Gasteiger partial charge is 0.274 e. The fourth-order valence-corrected chi connectivity index (χ4v) is 2.72. The highest BCUT2D eigenvalue weighted by Crippen LogP contribution is 2.28. The van der Waals surface area contributed by atoms with Gasteiger partial charge in [0.15, 0.2) is 11.5 Å². The Hall–Kier alpha value is -2.48. The molecule has 2 atom stereocenters.